The summed E-state index contributed by atoms with van der Waals surface area (Å²) < 4.78 is 5.71. The summed E-state index contributed by atoms with van der Waals surface area (Å²) in [6.07, 6.45) is 1.56. The molecule has 180 valence electrons. The van der Waals surface area contributed by atoms with E-state index in [1.807, 2.05) is 42.5 Å². The Morgan fingerprint density at radius 2 is 1.56 bits per heavy atom. The van der Waals surface area contributed by atoms with Crippen LogP contribution in [0.2, 0.25) is 0 Å². The molecule has 4 aromatic rings. The van der Waals surface area contributed by atoms with Crippen LogP contribution in [0.15, 0.2) is 113 Å². The number of hydrogen-bond acceptors (Lipinski definition) is 6. The van der Waals surface area contributed by atoms with Crippen molar-refractivity contribution in [2.75, 3.05) is 0 Å². The summed E-state index contributed by atoms with van der Waals surface area (Å²) in [4.78, 5) is 23.9. The Balaban J connectivity index is 1.22. The maximum atomic E-state index is 12.4. The summed E-state index contributed by atoms with van der Waals surface area (Å²) in [5.41, 5.74) is 5.89. The van der Waals surface area contributed by atoms with Crippen molar-refractivity contribution in [2.45, 2.75) is 17.3 Å². The third-order valence-corrected chi connectivity index (χ3v) is 6.26. The van der Waals surface area contributed by atoms with Gasteiger partial charge in [-0.15, -0.1) is 11.8 Å². The minimum Gasteiger partial charge on any atom is -0.489 e. The van der Waals surface area contributed by atoms with Crippen LogP contribution in [0, 0.1) is 10.1 Å². The van der Waals surface area contributed by atoms with Gasteiger partial charge in [0.2, 0.25) is 0 Å². The van der Waals surface area contributed by atoms with Gasteiger partial charge in [0.15, 0.2) is 0 Å². The van der Waals surface area contributed by atoms with Gasteiger partial charge in [0.25, 0.3) is 11.6 Å². The number of non-ortho nitro benzene ring substituents is 1. The highest BCUT2D eigenvalue weighted by molar-refractivity contribution is 7.98. The SMILES string of the molecule is O=C(N/N=C\c1ccc(OCc2ccc([N+](=O)[O-])cc2)cc1)c1ccc(CSc2ccccc2)cc1. The highest BCUT2D eigenvalue weighted by Crippen LogP contribution is 2.22. The average Bonchev–Trinajstić information content (AvgIpc) is 2.92. The van der Waals surface area contributed by atoms with Gasteiger partial charge in [0.05, 0.1) is 11.1 Å². The molecule has 0 atom stereocenters. The molecule has 0 heterocycles. The number of hydrogen-bond donors (Lipinski definition) is 1. The minimum absolute atomic E-state index is 0.0458. The number of benzene rings is 4. The fourth-order valence-electron chi connectivity index (χ4n) is 3.20. The molecule has 4 aromatic carbocycles. The van der Waals surface area contributed by atoms with Crippen LogP contribution in [-0.4, -0.2) is 17.0 Å². The Morgan fingerprint density at radius 3 is 2.22 bits per heavy atom. The number of carbonyl (C=O) groups is 1. The number of rotatable bonds is 10. The number of hydrazone groups is 1. The Bertz CT molecular complexity index is 1320. The Morgan fingerprint density at radius 1 is 0.889 bits per heavy atom. The standard InChI is InChI=1S/C28H23N3O4S/c32-28(24-12-6-23(7-13-24)20-36-27-4-2-1-3-5-27)30-29-18-21-10-16-26(17-11-21)35-19-22-8-14-25(15-9-22)31(33)34/h1-18H,19-20H2,(H,30,32)/b29-18-. The van der Waals surface area contributed by atoms with E-state index in [0.717, 1.165) is 22.4 Å². The van der Waals surface area contributed by atoms with Crippen LogP contribution >= 0.6 is 11.8 Å². The normalized spacial score (nSPS) is 10.8. The predicted octanol–water partition coefficient (Wildman–Crippen LogP) is 6.23. The van der Waals surface area contributed by atoms with Crippen molar-refractivity contribution in [3.05, 3.63) is 135 Å². The number of ether oxygens (including phenoxy) is 1. The van der Waals surface area contributed by atoms with Crippen molar-refractivity contribution < 1.29 is 14.5 Å². The fourth-order valence-corrected chi connectivity index (χ4v) is 4.07. The van der Waals surface area contributed by atoms with E-state index in [9.17, 15) is 14.9 Å². The molecule has 0 aliphatic rings. The number of nitro benzene ring substituents is 1. The molecule has 0 saturated carbocycles. The average molecular weight is 498 g/mol. The van der Waals surface area contributed by atoms with Gasteiger partial charge >= 0.3 is 0 Å². The molecule has 4 rings (SSSR count). The van der Waals surface area contributed by atoms with E-state index in [2.05, 4.69) is 22.7 Å². The molecule has 0 spiro atoms. The van der Waals surface area contributed by atoms with Crippen LogP contribution < -0.4 is 10.2 Å². The highest BCUT2D eigenvalue weighted by atomic mass is 32.2. The number of nitrogens with one attached hydrogen (secondary N) is 1. The Hall–Kier alpha value is -4.43. The maximum Gasteiger partial charge on any atom is 0.271 e. The Labute approximate surface area is 213 Å². The van der Waals surface area contributed by atoms with Gasteiger partial charge in [0, 0.05) is 28.3 Å². The maximum absolute atomic E-state index is 12.4. The monoisotopic (exact) mass is 497 g/mol. The van der Waals surface area contributed by atoms with Crippen molar-refractivity contribution in [1.29, 1.82) is 0 Å². The van der Waals surface area contributed by atoms with E-state index in [0.29, 0.717) is 17.9 Å². The second-order valence-corrected chi connectivity index (χ2v) is 8.83. The fraction of sp³-hybridized carbons (Fsp3) is 0.0714. The van der Waals surface area contributed by atoms with Crippen molar-refractivity contribution >= 4 is 29.6 Å². The summed E-state index contributed by atoms with van der Waals surface area (Å²) in [6, 6.07) is 31.1. The Kier molecular flexibility index (Phi) is 8.45. The van der Waals surface area contributed by atoms with E-state index in [1.54, 1.807) is 54.4 Å². The lowest BCUT2D eigenvalue weighted by molar-refractivity contribution is -0.384. The zero-order valence-corrected chi connectivity index (χ0v) is 20.1. The summed E-state index contributed by atoms with van der Waals surface area (Å²) in [7, 11) is 0. The molecular weight excluding hydrogens is 474 g/mol. The van der Waals surface area contributed by atoms with Gasteiger partial charge in [-0.1, -0.05) is 30.3 Å². The van der Waals surface area contributed by atoms with Crippen molar-refractivity contribution in [2.24, 2.45) is 5.10 Å². The number of nitro groups is 1. The molecule has 0 bridgehead atoms. The molecule has 0 unspecified atom stereocenters. The van der Waals surface area contributed by atoms with E-state index < -0.39 is 4.92 Å². The summed E-state index contributed by atoms with van der Waals surface area (Å²) in [6.45, 7) is 0.297. The van der Waals surface area contributed by atoms with Crippen molar-refractivity contribution in [3.63, 3.8) is 0 Å². The van der Waals surface area contributed by atoms with Crippen molar-refractivity contribution in [3.8, 4) is 5.75 Å². The van der Waals surface area contributed by atoms with Crippen LogP contribution in [0.25, 0.3) is 0 Å². The first kappa shape index (κ1) is 24.7. The van der Waals surface area contributed by atoms with Crippen LogP contribution in [0.5, 0.6) is 5.75 Å². The molecule has 0 aliphatic carbocycles. The van der Waals surface area contributed by atoms with Gasteiger partial charge < -0.3 is 4.74 Å². The van der Waals surface area contributed by atoms with Gasteiger partial charge in [-0.05, 0) is 77.4 Å². The van der Waals surface area contributed by atoms with Crippen LogP contribution in [0.4, 0.5) is 5.69 Å². The van der Waals surface area contributed by atoms with Crippen LogP contribution in [0.1, 0.15) is 27.0 Å². The third kappa shape index (κ3) is 7.28. The first-order valence-electron chi connectivity index (χ1n) is 11.1. The lowest BCUT2D eigenvalue weighted by Gasteiger charge is -2.06. The van der Waals surface area contributed by atoms with E-state index in [1.165, 1.54) is 17.0 Å². The topological polar surface area (TPSA) is 93.8 Å². The lowest BCUT2D eigenvalue weighted by atomic mass is 10.1. The molecular formula is C28H23N3O4S. The molecule has 0 radical (unpaired) electrons. The zero-order chi connectivity index (χ0) is 25.2. The molecule has 8 heteroatoms. The number of thioether (sulfide) groups is 1. The molecule has 36 heavy (non-hydrogen) atoms. The second-order valence-electron chi connectivity index (χ2n) is 7.78. The molecule has 0 saturated heterocycles. The van der Waals surface area contributed by atoms with E-state index >= 15 is 0 Å². The molecule has 1 N–H and O–H groups in total. The second kappa shape index (κ2) is 12.3. The number of amides is 1. The largest absolute Gasteiger partial charge is 0.489 e. The zero-order valence-electron chi connectivity index (χ0n) is 19.2. The molecule has 0 aromatic heterocycles. The summed E-state index contributed by atoms with van der Waals surface area (Å²) in [5.74, 6) is 1.20. The van der Waals surface area contributed by atoms with Gasteiger partial charge in [0.1, 0.15) is 12.4 Å². The van der Waals surface area contributed by atoms with Crippen LogP contribution in [0.3, 0.4) is 0 Å². The van der Waals surface area contributed by atoms with E-state index in [4.69, 9.17) is 4.74 Å². The molecule has 1 amide bonds. The lowest BCUT2D eigenvalue weighted by Crippen LogP contribution is -2.17. The number of nitrogens with zero attached hydrogens (tertiary/aromatic N) is 2. The summed E-state index contributed by atoms with van der Waals surface area (Å²) >= 11 is 1.75. The van der Waals surface area contributed by atoms with Gasteiger partial charge in [-0.3, -0.25) is 14.9 Å². The first-order chi connectivity index (χ1) is 17.6. The van der Waals surface area contributed by atoms with Gasteiger partial charge in [-0.2, -0.15) is 5.10 Å². The quantitative estimate of drug-likeness (QED) is 0.121. The smallest absolute Gasteiger partial charge is 0.271 e. The van der Waals surface area contributed by atoms with Gasteiger partial charge in [-0.25, -0.2) is 5.43 Å². The minimum atomic E-state index is -0.434. The predicted molar refractivity (Wildman–Crippen MR) is 141 cm³/mol. The first-order valence-corrected chi connectivity index (χ1v) is 12.1. The molecule has 7 nitrogen and oxygen atoms in total. The molecule has 0 fully saturated rings. The van der Waals surface area contributed by atoms with Crippen molar-refractivity contribution in [1.82, 2.24) is 5.43 Å². The number of carbonyl (C=O) groups excluding carboxylic acids is 1. The van der Waals surface area contributed by atoms with E-state index in [-0.39, 0.29) is 11.6 Å². The third-order valence-electron chi connectivity index (χ3n) is 5.18. The summed E-state index contributed by atoms with van der Waals surface area (Å²) in [5, 5.41) is 14.8. The molecule has 0 aliphatic heterocycles. The highest BCUT2D eigenvalue weighted by Gasteiger charge is 2.06. The van der Waals surface area contributed by atoms with Crippen LogP contribution in [-0.2, 0) is 12.4 Å².